The second-order valence-corrected chi connectivity index (χ2v) is 9.55. The van der Waals surface area contributed by atoms with Gasteiger partial charge in [-0.2, -0.15) is 9.40 Å². The fourth-order valence-corrected chi connectivity index (χ4v) is 5.35. The molecule has 2 heterocycles. The molecule has 1 saturated carbocycles. The van der Waals surface area contributed by atoms with Crippen LogP contribution in [0.4, 0.5) is 0 Å². The molecule has 2 aliphatic rings. The first-order valence-electron chi connectivity index (χ1n) is 9.51. The van der Waals surface area contributed by atoms with Gasteiger partial charge in [-0.1, -0.05) is 12.5 Å². The number of nitrogens with zero attached hydrogens (tertiary/aromatic N) is 3. The molecule has 0 radical (unpaired) electrons. The lowest BCUT2D eigenvalue weighted by atomic mass is 10.2. The van der Waals surface area contributed by atoms with E-state index in [1.807, 2.05) is 4.57 Å². The number of carbonyl (C=O) groups is 1. The lowest BCUT2D eigenvalue weighted by molar-refractivity contribution is 0.0949. The van der Waals surface area contributed by atoms with Gasteiger partial charge in [0.15, 0.2) is 10.6 Å². The van der Waals surface area contributed by atoms with E-state index in [9.17, 15) is 13.2 Å². The molecule has 0 bridgehead atoms. The van der Waals surface area contributed by atoms with Crippen molar-refractivity contribution in [2.45, 2.75) is 49.6 Å². The van der Waals surface area contributed by atoms with Crippen LogP contribution in [0.1, 0.15) is 54.3 Å². The van der Waals surface area contributed by atoms with Crippen LogP contribution in [0, 0.1) is 4.77 Å². The van der Waals surface area contributed by atoms with Crippen LogP contribution in [-0.4, -0.2) is 46.5 Å². The number of sulfonamides is 1. The third kappa shape index (κ3) is 3.89. The van der Waals surface area contributed by atoms with Gasteiger partial charge in [0.2, 0.25) is 10.0 Å². The summed E-state index contributed by atoms with van der Waals surface area (Å²) in [5.74, 6) is 0.338. The number of carbonyl (C=O) groups excluding carboxylic acids is 1. The number of H-pyrrole nitrogens is 1. The van der Waals surface area contributed by atoms with Crippen molar-refractivity contribution in [3.63, 3.8) is 0 Å². The van der Waals surface area contributed by atoms with Gasteiger partial charge in [-0.25, -0.2) is 8.42 Å². The summed E-state index contributed by atoms with van der Waals surface area (Å²) in [7, 11) is -3.57. The van der Waals surface area contributed by atoms with Crippen molar-refractivity contribution in [3.8, 4) is 0 Å². The van der Waals surface area contributed by atoms with Gasteiger partial charge in [0, 0.05) is 24.7 Å². The monoisotopic (exact) mass is 421 g/mol. The van der Waals surface area contributed by atoms with Crippen molar-refractivity contribution in [2.24, 2.45) is 0 Å². The van der Waals surface area contributed by atoms with Crippen molar-refractivity contribution in [1.29, 1.82) is 0 Å². The zero-order chi connectivity index (χ0) is 19.7. The second kappa shape index (κ2) is 7.76. The molecule has 1 aliphatic carbocycles. The van der Waals surface area contributed by atoms with E-state index in [0.29, 0.717) is 35.3 Å². The number of rotatable bonds is 6. The molecule has 0 spiro atoms. The summed E-state index contributed by atoms with van der Waals surface area (Å²) in [6.45, 7) is 1.29. The number of aromatic amines is 1. The number of amides is 1. The van der Waals surface area contributed by atoms with Crippen LogP contribution < -0.4 is 5.32 Å². The Kier molecular flexibility index (Phi) is 5.35. The van der Waals surface area contributed by atoms with Crippen molar-refractivity contribution < 1.29 is 13.2 Å². The zero-order valence-electron chi connectivity index (χ0n) is 15.4. The second-order valence-electron chi connectivity index (χ2n) is 7.22. The summed E-state index contributed by atoms with van der Waals surface area (Å²) in [6, 6.07) is 6.56. The lowest BCUT2D eigenvalue weighted by Gasteiger charge is -2.26. The summed E-state index contributed by atoms with van der Waals surface area (Å²) < 4.78 is 29.7. The molecule has 4 rings (SSSR count). The summed E-state index contributed by atoms with van der Waals surface area (Å²) in [5, 5.41) is 9.77. The molecule has 1 saturated heterocycles. The predicted molar refractivity (Wildman–Crippen MR) is 106 cm³/mol. The summed E-state index contributed by atoms with van der Waals surface area (Å²) in [4.78, 5) is 12.7. The van der Waals surface area contributed by atoms with E-state index in [0.717, 1.165) is 32.1 Å². The van der Waals surface area contributed by atoms with Gasteiger partial charge in [-0.05, 0) is 56.1 Å². The van der Waals surface area contributed by atoms with E-state index in [2.05, 4.69) is 15.5 Å². The number of hydrogen-bond acceptors (Lipinski definition) is 5. The topological polar surface area (TPSA) is 100 Å². The molecule has 1 aromatic carbocycles. The van der Waals surface area contributed by atoms with Crippen LogP contribution in [0.15, 0.2) is 29.2 Å². The molecule has 0 unspecified atom stereocenters. The van der Waals surface area contributed by atoms with Crippen LogP contribution in [-0.2, 0) is 16.6 Å². The van der Waals surface area contributed by atoms with Crippen LogP contribution in [0.5, 0.6) is 0 Å². The Bertz CT molecular complexity index is 1030. The van der Waals surface area contributed by atoms with Crippen LogP contribution in [0.3, 0.4) is 0 Å². The molecule has 8 nitrogen and oxygen atoms in total. The molecule has 1 amide bonds. The lowest BCUT2D eigenvalue weighted by Crippen LogP contribution is -2.35. The van der Waals surface area contributed by atoms with Gasteiger partial charge in [0.05, 0.1) is 11.4 Å². The van der Waals surface area contributed by atoms with Crippen molar-refractivity contribution >= 4 is 28.1 Å². The molecule has 2 aromatic rings. The number of aromatic nitrogens is 3. The fourth-order valence-electron chi connectivity index (χ4n) is 3.48. The van der Waals surface area contributed by atoms with E-state index in [1.54, 1.807) is 18.2 Å². The Morgan fingerprint density at radius 1 is 1.25 bits per heavy atom. The van der Waals surface area contributed by atoms with Gasteiger partial charge in [0.25, 0.3) is 5.91 Å². The molecule has 150 valence electrons. The first-order chi connectivity index (χ1) is 13.5. The van der Waals surface area contributed by atoms with Gasteiger partial charge >= 0.3 is 0 Å². The minimum Gasteiger partial charge on any atom is -0.345 e. The van der Waals surface area contributed by atoms with Crippen LogP contribution in [0.2, 0.25) is 0 Å². The summed E-state index contributed by atoms with van der Waals surface area (Å²) in [5.41, 5.74) is 0.310. The molecular formula is C18H23N5O3S2. The highest BCUT2D eigenvalue weighted by atomic mass is 32.2. The summed E-state index contributed by atoms with van der Waals surface area (Å²) >= 11 is 5.24. The van der Waals surface area contributed by atoms with Crippen LogP contribution in [0.25, 0.3) is 0 Å². The molecule has 1 aliphatic heterocycles. The molecule has 2 N–H and O–H groups in total. The van der Waals surface area contributed by atoms with Gasteiger partial charge in [0.1, 0.15) is 0 Å². The average Bonchev–Trinajstić information content (AvgIpc) is 3.49. The highest BCUT2D eigenvalue weighted by Gasteiger charge is 2.28. The molecule has 0 atom stereocenters. The largest absolute Gasteiger partial charge is 0.345 e. The Morgan fingerprint density at radius 3 is 2.71 bits per heavy atom. The first kappa shape index (κ1) is 19.3. The van der Waals surface area contributed by atoms with Gasteiger partial charge < -0.3 is 5.32 Å². The standard InChI is InChI=1S/C18H23N5O3S2/c24-17(19-12-16-20-21-18(27)23(16)14-7-8-14)13-5-4-6-15(11-13)28(25,26)22-9-2-1-3-10-22/h4-6,11,14H,1-3,7-10,12H2,(H,19,24)(H,21,27). The van der Waals surface area contributed by atoms with Gasteiger partial charge in [-0.15, -0.1) is 0 Å². The zero-order valence-corrected chi connectivity index (χ0v) is 17.1. The fraction of sp³-hybridized carbons (Fsp3) is 0.500. The van der Waals surface area contributed by atoms with Crippen molar-refractivity contribution in [3.05, 3.63) is 40.4 Å². The molecule has 28 heavy (non-hydrogen) atoms. The quantitative estimate of drug-likeness (QED) is 0.698. The predicted octanol–water partition coefficient (Wildman–Crippen LogP) is 2.38. The summed E-state index contributed by atoms with van der Waals surface area (Å²) in [6.07, 6.45) is 4.91. The first-order valence-corrected chi connectivity index (χ1v) is 11.4. The van der Waals surface area contributed by atoms with E-state index in [1.165, 1.54) is 10.4 Å². The highest BCUT2D eigenvalue weighted by Crippen LogP contribution is 2.35. The SMILES string of the molecule is O=C(NCc1n[nH]c(=S)n1C1CC1)c1cccc(S(=O)(=O)N2CCCCC2)c1. The van der Waals surface area contributed by atoms with Crippen LogP contribution >= 0.6 is 12.2 Å². The smallest absolute Gasteiger partial charge is 0.251 e. The number of nitrogens with one attached hydrogen (secondary N) is 2. The molecule has 2 fully saturated rings. The Hall–Kier alpha value is -2.04. The number of benzene rings is 1. The maximum Gasteiger partial charge on any atom is 0.251 e. The van der Waals surface area contributed by atoms with E-state index < -0.39 is 10.0 Å². The minimum atomic E-state index is -3.57. The van der Waals surface area contributed by atoms with Crippen molar-refractivity contribution in [2.75, 3.05) is 13.1 Å². The average molecular weight is 422 g/mol. The molecular weight excluding hydrogens is 398 g/mol. The van der Waals surface area contributed by atoms with Gasteiger partial charge in [-0.3, -0.25) is 14.5 Å². The Labute approximate surface area is 169 Å². The normalized spacial score (nSPS) is 18.1. The molecule has 1 aromatic heterocycles. The third-order valence-corrected chi connectivity index (χ3v) is 7.33. The maximum absolute atomic E-state index is 12.8. The Balaban J connectivity index is 1.48. The third-order valence-electron chi connectivity index (χ3n) is 5.15. The van der Waals surface area contributed by atoms with E-state index >= 15 is 0 Å². The van der Waals surface area contributed by atoms with E-state index in [4.69, 9.17) is 12.2 Å². The van der Waals surface area contributed by atoms with E-state index in [-0.39, 0.29) is 17.3 Å². The minimum absolute atomic E-state index is 0.155. The maximum atomic E-state index is 12.8. The van der Waals surface area contributed by atoms with Crippen molar-refractivity contribution in [1.82, 2.24) is 24.4 Å². The number of piperidine rings is 1. The number of hydrogen-bond donors (Lipinski definition) is 2. The highest BCUT2D eigenvalue weighted by molar-refractivity contribution is 7.89. The Morgan fingerprint density at radius 2 is 2.00 bits per heavy atom. The molecule has 10 heteroatoms.